The van der Waals surface area contributed by atoms with E-state index in [1.54, 1.807) is 14.2 Å². The number of likely N-dealkylation sites (tertiary alicyclic amines) is 2. The molecule has 2 aliphatic rings. The molecule has 2 amide bonds. The van der Waals surface area contributed by atoms with Crippen LogP contribution in [0.1, 0.15) is 29.6 Å². The first-order chi connectivity index (χ1) is 12.6. The third-order valence-corrected chi connectivity index (χ3v) is 5.64. The lowest BCUT2D eigenvalue weighted by atomic mass is 9.82. The second-order valence-electron chi connectivity index (χ2n) is 7.15. The Morgan fingerprint density at radius 1 is 1.12 bits per heavy atom. The number of piperidine rings is 1. The van der Waals surface area contributed by atoms with E-state index in [1.165, 1.54) is 0 Å². The van der Waals surface area contributed by atoms with Gasteiger partial charge in [0.05, 0.1) is 13.7 Å². The molecule has 142 valence electrons. The second kappa shape index (κ2) is 8.54. The Labute approximate surface area is 155 Å². The van der Waals surface area contributed by atoms with E-state index in [1.807, 2.05) is 34.1 Å². The van der Waals surface area contributed by atoms with Crippen LogP contribution in [0.5, 0.6) is 5.75 Å². The number of ether oxygens (including phenoxy) is 2. The highest BCUT2D eigenvalue weighted by atomic mass is 16.5. The van der Waals surface area contributed by atoms with Gasteiger partial charge in [0.1, 0.15) is 5.75 Å². The molecule has 2 aliphatic heterocycles. The number of rotatable bonds is 5. The molecule has 1 aromatic carbocycles. The molecular weight excluding hydrogens is 332 g/mol. The number of carbonyl (C=O) groups excluding carboxylic acids is 2. The van der Waals surface area contributed by atoms with Crippen LogP contribution in [-0.4, -0.2) is 68.6 Å². The Hall–Kier alpha value is -2.08. The molecule has 0 aliphatic carbocycles. The van der Waals surface area contributed by atoms with Crippen LogP contribution in [0.2, 0.25) is 0 Å². The second-order valence-corrected chi connectivity index (χ2v) is 7.15. The summed E-state index contributed by atoms with van der Waals surface area (Å²) >= 11 is 0. The molecule has 0 saturated carbocycles. The van der Waals surface area contributed by atoms with Crippen LogP contribution in [0, 0.1) is 11.8 Å². The predicted molar refractivity (Wildman–Crippen MR) is 98.2 cm³/mol. The van der Waals surface area contributed by atoms with Crippen molar-refractivity contribution >= 4 is 11.8 Å². The lowest BCUT2D eigenvalue weighted by Gasteiger charge is -2.37. The standard InChI is InChI=1S/C20H28N2O4/c1-25-12-11-21-9-8-17-14-22(10-7-16(17)13-19(21)23)20(24)15-3-5-18(26-2)6-4-15/h3-6,16-17H,7-14H2,1-2H3/t16-,17+/m0/s1. The lowest BCUT2D eigenvalue weighted by molar-refractivity contribution is -0.132. The summed E-state index contributed by atoms with van der Waals surface area (Å²) in [7, 11) is 3.27. The zero-order valence-corrected chi connectivity index (χ0v) is 15.6. The molecule has 2 fully saturated rings. The Morgan fingerprint density at radius 2 is 1.85 bits per heavy atom. The molecule has 0 N–H and O–H groups in total. The zero-order chi connectivity index (χ0) is 18.5. The van der Waals surface area contributed by atoms with Gasteiger partial charge in [-0.25, -0.2) is 0 Å². The van der Waals surface area contributed by atoms with Crippen LogP contribution in [-0.2, 0) is 9.53 Å². The van der Waals surface area contributed by atoms with Crippen molar-refractivity contribution in [2.24, 2.45) is 11.8 Å². The maximum absolute atomic E-state index is 12.8. The summed E-state index contributed by atoms with van der Waals surface area (Å²) in [5.41, 5.74) is 0.690. The van der Waals surface area contributed by atoms with Gasteiger partial charge in [0, 0.05) is 45.3 Å². The molecule has 0 bridgehead atoms. The molecule has 2 atom stereocenters. The van der Waals surface area contributed by atoms with Gasteiger partial charge in [-0.2, -0.15) is 0 Å². The summed E-state index contributed by atoms with van der Waals surface area (Å²) in [5.74, 6) is 1.82. The molecule has 0 radical (unpaired) electrons. The summed E-state index contributed by atoms with van der Waals surface area (Å²) in [5, 5.41) is 0. The molecular formula is C20H28N2O4. The first kappa shape index (κ1) is 18.7. The van der Waals surface area contributed by atoms with E-state index in [-0.39, 0.29) is 11.8 Å². The van der Waals surface area contributed by atoms with Gasteiger partial charge >= 0.3 is 0 Å². The fourth-order valence-electron chi connectivity index (χ4n) is 4.01. The summed E-state index contributed by atoms with van der Waals surface area (Å²) in [6, 6.07) is 7.27. The fourth-order valence-corrected chi connectivity index (χ4v) is 4.01. The Morgan fingerprint density at radius 3 is 2.54 bits per heavy atom. The quantitative estimate of drug-likeness (QED) is 0.806. The van der Waals surface area contributed by atoms with E-state index >= 15 is 0 Å². The van der Waals surface area contributed by atoms with E-state index < -0.39 is 0 Å². The third kappa shape index (κ3) is 4.18. The minimum Gasteiger partial charge on any atom is -0.497 e. The fraction of sp³-hybridized carbons (Fsp3) is 0.600. The Bertz CT molecular complexity index is 631. The predicted octanol–water partition coefficient (Wildman–Crippen LogP) is 2.04. The molecule has 2 saturated heterocycles. The lowest BCUT2D eigenvalue weighted by Crippen LogP contribution is -2.43. The number of hydrogen-bond acceptors (Lipinski definition) is 4. The summed E-state index contributed by atoms with van der Waals surface area (Å²) in [6.07, 6.45) is 2.45. The average molecular weight is 360 g/mol. The van der Waals surface area contributed by atoms with Crippen LogP contribution in [0.4, 0.5) is 0 Å². The van der Waals surface area contributed by atoms with Crippen molar-refractivity contribution in [1.82, 2.24) is 9.80 Å². The van der Waals surface area contributed by atoms with E-state index in [4.69, 9.17) is 9.47 Å². The highest BCUT2D eigenvalue weighted by Gasteiger charge is 2.36. The molecule has 2 heterocycles. The van der Waals surface area contributed by atoms with Crippen LogP contribution in [0.25, 0.3) is 0 Å². The highest BCUT2D eigenvalue weighted by Crippen LogP contribution is 2.33. The van der Waals surface area contributed by atoms with Crippen LogP contribution in [0.3, 0.4) is 0 Å². The summed E-state index contributed by atoms with van der Waals surface area (Å²) in [4.78, 5) is 29.1. The molecule has 26 heavy (non-hydrogen) atoms. The van der Waals surface area contributed by atoms with Crippen LogP contribution >= 0.6 is 0 Å². The van der Waals surface area contributed by atoms with Gasteiger partial charge in [0.15, 0.2) is 0 Å². The normalized spacial score (nSPS) is 23.4. The SMILES string of the molecule is COCCN1CC[C@@H]2CN(C(=O)c3ccc(OC)cc3)CC[C@H]2CC1=O. The minimum absolute atomic E-state index is 0.0675. The number of fused-ring (bicyclic) bond motifs is 1. The smallest absolute Gasteiger partial charge is 0.253 e. The van der Waals surface area contributed by atoms with E-state index in [0.29, 0.717) is 37.0 Å². The summed E-state index contributed by atoms with van der Waals surface area (Å²) in [6.45, 7) is 3.44. The molecule has 0 unspecified atom stereocenters. The number of methoxy groups -OCH3 is 2. The number of carbonyl (C=O) groups is 2. The number of benzene rings is 1. The van der Waals surface area contributed by atoms with E-state index in [0.717, 1.165) is 38.2 Å². The van der Waals surface area contributed by atoms with Crippen molar-refractivity contribution in [3.05, 3.63) is 29.8 Å². The molecule has 6 nitrogen and oxygen atoms in total. The van der Waals surface area contributed by atoms with Gasteiger partial charge in [-0.05, 0) is 48.9 Å². The van der Waals surface area contributed by atoms with Crippen LogP contribution in [0.15, 0.2) is 24.3 Å². The zero-order valence-electron chi connectivity index (χ0n) is 15.6. The third-order valence-electron chi connectivity index (χ3n) is 5.64. The highest BCUT2D eigenvalue weighted by molar-refractivity contribution is 5.94. The minimum atomic E-state index is 0.0675. The van der Waals surface area contributed by atoms with Crippen LogP contribution < -0.4 is 4.74 Å². The number of nitrogens with zero attached hydrogens (tertiary/aromatic N) is 2. The number of hydrogen-bond donors (Lipinski definition) is 0. The van der Waals surface area contributed by atoms with Crippen molar-refractivity contribution < 1.29 is 19.1 Å². The monoisotopic (exact) mass is 360 g/mol. The maximum atomic E-state index is 12.8. The number of amides is 2. The van der Waals surface area contributed by atoms with Crippen molar-refractivity contribution in [2.45, 2.75) is 19.3 Å². The van der Waals surface area contributed by atoms with Gasteiger partial charge in [-0.1, -0.05) is 0 Å². The van der Waals surface area contributed by atoms with Crippen molar-refractivity contribution in [3.63, 3.8) is 0 Å². The Balaban J connectivity index is 1.62. The maximum Gasteiger partial charge on any atom is 0.253 e. The molecule has 3 rings (SSSR count). The average Bonchev–Trinajstić information content (AvgIpc) is 2.83. The first-order valence-electron chi connectivity index (χ1n) is 9.32. The molecule has 0 aromatic heterocycles. The molecule has 6 heteroatoms. The first-order valence-corrected chi connectivity index (χ1v) is 9.32. The van der Waals surface area contributed by atoms with E-state index in [9.17, 15) is 9.59 Å². The van der Waals surface area contributed by atoms with E-state index in [2.05, 4.69) is 0 Å². The van der Waals surface area contributed by atoms with Crippen molar-refractivity contribution in [2.75, 3.05) is 47.0 Å². The van der Waals surface area contributed by atoms with Crippen molar-refractivity contribution in [3.8, 4) is 5.75 Å². The Kier molecular flexibility index (Phi) is 6.14. The topological polar surface area (TPSA) is 59.1 Å². The largest absolute Gasteiger partial charge is 0.497 e. The van der Waals surface area contributed by atoms with Gasteiger partial charge < -0.3 is 19.3 Å². The van der Waals surface area contributed by atoms with Gasteiger partial charge in [-0.15, -0.1) is 0 Å². The summed E-state index contributed by atoms with van der Waals surface area (Å²) < 4.78 is 10.3. The van der Waals surface area contributed by atoms with Gasteiger partial charge in [0.2, 0.25) is 5.91 Å². The molecule has 0 spiro atoms. The van der Waals surface area contributed by atoms with Gasteiger partial charge in [-0.3, -0.25) is 9.59 Å². The molecule has 1 aromatic rings. The van der Waals surface area contributed by atoms with Crippen molar-refractivity contribution in [1.29, 1.82) is 0 Å². The van der Waals surface area contributed by atoms with Gasteiger partial charge in [0.25, 0.3) is 5.91 Å².